The third-order valence-corrected chi connectivity index (χ3v) is 5.45. The maximum absolute atomic E-state index is 12.5. The van der Waals surface area contributed by atoms with Gasteiger partial charge >= 0.3 is 0 Å². The first-order valence-corrected chi connectivity index (χ1v) is 8.59. The van der Waals surface area contributed by atoms with Gasteiger partial charge in [-0.25, -0.2) is 0 Å². The number of halogens is 1. The second-order valence-corrected chi connectivity index (χ2v) is 7.04. The summed E-state index contributed by atoms with van der Waals surface area (Å²) in [5.41, 5.74) is 7.38. The number of piperidine rings is 1. The van der Waals surface area contributed by atoms with Crippen LogP contribution in [0.5, 0.6) is 11.5 Å². The van der Waals surface area contributed by atoms with Gasteiger partial charge in [-0.1, -0.05) is 6.07 Å². The number of hydrogen-bond donors (Lipinski definition) is 1. The summed E-state index contributed by atoms with van der Waals surface area (Å²) in [6, 6.07) is 5.78. The highest BCUT2D eigenvalue weighted by molar-refractivity contribution is 5.85. The number of ether oxygens (including phenoxy) is 2. The lowest BCUT2D eigenvalue weighted by atomic mass is 9.88. The molecule has 4 rings (SSSR count). The van der Waals surface area contributed by atoms with Crippen molar-refractivity contribution in [3.8, 4) is 11.5 Å². The molecule has 2 fully saturated rings. The van der Waals surface area contributed by atoms with E-state index in [4.69, 9.17) is 15.2 Å². The van der Waals surface area contributed by atoms with Crippen LogP contribution < -0.4 is 15.2 Å². The van der Waals surface area contributed by atoms with Gasteiger partial charge in [-0.15, -0.1) is 12.4 Å². The van der Waals surface area contributed by atoms with Crippen LogP contribution in [0.4, 0.5) is 0 Å². The van der Waals surface area contributed by atoms with Crippen molar-refractivity contribution < 1.29 is 14.3 Å². The Morgan fingerprint density at radius 1 is 1.17 bits per heavy atom. The molecule has 0 unspecified atom stereocenters. The van der Waals surface area contributed by atoms with Crippen molar-refractivity contribution in [3.63, 3.8) is 0 Å². The fourth-order valence-electron chi connectivity index (χ4n) is 3.74. The van der Waals surface area contributed by atoms with E-state index in [2.05, 4.69) is 0 Å². The molecule has 5 nitrogen and oxygen atoms in total. The van der Waals surface area contributed by atoms with Crippen molar-refractivity contribution in [1.29, 1.82) is 0 Å². The monoisotopic (exact) mass is 352 g/mol. The van der Waals surface area contributed by atoms with Crippen molar-refractivity contribution in [3.05, 3.63) is 23.8 Å². The fourth-order valence-corrected chi connectivity index (χ4v) is 3.74. The van der Waals surface area contributed by atoms with E-state index in [1.165, 1.54) is 0 Å². The normalized spacial score (nSPS) is 21.8. The minimum absolute atomic E-state index is 0. The van der Waals surface area contributed by atoms with Crippen LogP contribution in [-0.2, 0) is 11.2 Å². The molecule has 1 amide bonds. The molecule has 2 N–H and O–H groups in total. The predicted molar refractivity (Wildman–Crippen MR) is 93.8 cm³/mol. The van der Waals surface area contributed by atoms with Crippen LogP contribution in [-0.4, -0.2) is 42.6 Å². The van der Waals surface area contributed by atoms with E-state index in [-0.39, 0.29) is 23.9 Å². The maximum atomic E-state index is 12.5. The number of amides is 1. The van der Waals surface area contributed by atoms with E-state index in [9.17, 15) is 4.79 Å². The first-order valence-electron chi connectivity index (χ1n) is 8.59. The standard InChI is InChI=1S/C18H24N2O3.ClH/c19-18(5-6-18)14-3-7-20(8-4-14)17(21)12-13-1-2-15-16(11-13)23-10-9-22-15;/h1-2,11,14H,3-10,12,19H2;1H. The molecular weight excluding hydrogens is 328 g/mol. The maximum Gasteiger partial charge on any atom is 0.226 e. The lowest BCUT2D eigenvalue weighted by Gasteiger charge is -2.35. The molecule has 2 aliphatic heterocycles. The summed E-state index contributed by atoms with van der Waals surface area (Å²) >= 11 is 0. The van der Waals surface area contributed by atoms with Gasteiger partial charge in [0.05, 0.1) is 6.42 Å². The number of nitrogens with two attached hydrogens (primary N) is 1. The quantitative estimate of drug-likeness (QED) is 0.905. The molecule has 0 atom stereocenters. The average molecular weight is 353 g/mol. The highest BCUT2D eigenvalue weighted by atomic mass is 35.5. The molecular formula is C18H25ClN2O3. The van der Waals surface area contributed by atoms with Gasteiger partial charge < -0.3 is 20.1 Å². The minimum atomic E-state index is 0. The van der Waals surface area contributed by atoms with E-state index < -0.39 is 0 Å². The van der Waals surface area contributed by atoms with E-state index >= 15 is 0 Å². The largest absolute Gasteiger partial charge is 0.486 e. The first-order chi connectivity index (χ1) is 11.1. The molecule has 1 aliphatic carbocycles. The summed E-state index contributed by atoms with van der Waals surface area (Å²) in [5.74, 6) is 2.31. The van der Waals surface area contributed by atoms with Gasteiger partial charge in [-0.3, -0.25) is 4.79 Å². The molecule has 1 aromatic carbocycles. The van der Waals surface area contributed by atoms with Crippen molar-refractivity contribution in [2.24, 2.45) is 11.7 Å². The Morgan fingerprint density at radius 2 is 1.83 bits per heavy atom. The number of fused-ring (bicyclic) bond motifs is 1. The molecule has 0 bridgehead atoms. The van der Waals surface area contributed by atoms with E-state index in [0.29, 0.717) is 25.6 Å². The Hall–Kier alpha value is -1.46. The Bertz CT molecular complexity index is 610. The van der Waals surface area contributed by atoms with Crippen molar-refractivity contribution >= 4 is 18.3 Å². The van der Waals surface area contributed by atoms with E-state index in [1.807, 2.05) is 23.1 Å². The summed E-state index contributed by atoms with van der Waals surface area (Å²) in [5, 5.41) is 0. The zero-order valence-corrected chi connectivity index (χ0v) is 14.6. The number of nitrogens with zero attached hydrogens (tertiary/aromatic N) is 1. The smallest absolute Gasteiger partial charge is 0.226 e. The van der Waals surface area contributed by atoms with Gasteiger partial charge in [0.25, 0.3) is 0 Å². The Kier molecular flexibility index (Phi) is 4.92. The summed E-state index contributed by atoms with van der Waals surface area (Å²) < 4.78 is 11.1. The fraction of sp³-hybridized carbons (Fsp3) is 0.611. The molecule has 0 radical (unpaired) electrons. The highest BCUT2D eigenvalue weighted by Gasteiger charge is 2.46. The predicted octanol–water partition coefficient (Wildman–Crippen LogP) is 2.15. The third kappa shape index (κ3) is 3.47. The molecule has 1 aromatic rings. The van der Waals surface area contributed by atoms with Gasteiger partial charge in [0.2, 0.25) is 5.91 Å². The van der Waals surface area contributed by atoms with Crippen molar-refractivity contribution in [1.82, 2.24) is 4.90 Å². The Labute approximate surface area is 148 Å². The van der Waals surface area contributed by atoms with Gasteiger partial charge in [0.15, 0.2) is 11.5 Å². The van der Waals surface area contributed by atoms with E-state index in [0.717, 1.165) is 55.8 Å². The minimum Gasteiger partial charge on any atom is -0.486 e. The van der Waals surface area contributed by atoms with Crippen LogP contribution in [0.2, 0.25) is 0 Å². The van der Waals surface area contributed by atoms with Gasteiger partial charge in [0.1, 0.15) is 13.2 Å². The molecule has 6 heteroatoms. The lowest BCUT2D eigenvalue weighted by molar-refractivity contribution is -0.132. The highest BCUT2D eigenvalue weighted by Crippen LogP contribution is 2.44. The molecule has 132 valence electrons. The SMILES string of the molecule is Cl.NC1(C2CCN(C(=O)Cc3ccc4c(c3)OCCO4)CC2)CC1. The number of rotatable bonds is 3. The van der Waals surface area contributed by atoms with Gasteiger partial charge in [0, 0.05) is 18.6 Å². The zero-order valence-electron chi connectivity index (χ0n) is 13.8. The molecule has 1 saturated carbocycles. The van der Waals surface area contributed by atoms with Crippen LogP contribution in [0.15, 0.2) is 18.2 Å². The Morgan fingerprint density at radius 3 is 2.50 bits per heavy atom. The Balaban J connectivity index is 0.00000169. The molecule has 24 heavy (non-hydrogen) atoms. The molecule has 3 aliphatic rings. The zero-order chi connectivity index (χ0) is 15.9. The van der Waals surface area contributed by atoms with Crippen LogP contribution in [0, 0.1) is 5.92 Å². The lowest BCUT2D eigenvalue weighted by Crippen LogP contribution is -2.45. The van der Waals surface area contributed by atoms with Crippen LogP contribution in [0.1, 0.15) is 31.2 Å². The number of benzene rings is 1. The second-order valence-electron chi connectivity index (χ2n) is 7.04. The van der Waals surface area contributed by atoms with E-state index in [1.54, 1.807) is 0 Å². The molecule has 1 saturated heterocycles. The third-order valence-electron chi connectivity index (χ3n) is 5.45. The molecule has 0 aromatic heterocycles. The summed E-state index contributed by atoms with van der Waals surface area (Å²) in [6.07, 6.45) is 4.83. The number of carbonyl (C=O) groups excluding carboxylic acids is 1. The van der Waals surface area contributed by atoms with Gasteiger partial charge in [-0.2, -0.15) is 0 Å². The van der Waals surface area contributed by atoms with Crippen LogP contribution in [0.25, 0.3) is 0 Å². The molecule has 2 heterocycles. The second kappa shape index (κ2) is 6.81. The molecule has 0 spiro atoms. The number of hydrogen-bond acceptors (Lipinski definition) is 4. The van der Waals surface area contributed by atoms with Crippen molar-refractivity contribution in [2.75, 3.05) is 26.3 Å². The summed E-state index contributed by atoms with van der Waals surface area (Å²) in [4.78, 5) is 14.5. The first kappa shape index (κ1) is 17.4. The topological polar surface area (TPSA) is 64.8 Å². The van der Waals surface area contributed by atoms with Gasteiger partial charge in [-0.05, 0) is 49.3 Å². The average Bonchev–Trinajstić information content (AvgIpc) is 3.34. The summed E-state index contributed by atoms with van der Waals surface area (Å²) in [7, 11) is 0. The number of likely N-dealkylation sites (tertiary alicyclic amines) is 1. The van der Waals surface area contributed by atoms with Crippen LogP contribution >= 0.6 is 12.4 Å². The van der Waals surface area contributed by atoms with Crippen LogP contribution in [0.3, 0.4) is 0 Å². The number of carbonyl (C=O) groups is 1. The summed E-state index contributed by atoms with van der Waals surface area (Å²) in [6.45, 7) is 2.83. The van der Waals surface area contributed by atoms with Crippen molar-refractivity contribution in [2.45, 2.75) is 37.6 Å².